The van der Waals surface area contributed by atoms with E-state index in [-0.39, 0.29) is 11.6 Å². The number of nitrogens with one attached hydrogen (secondary N) is 3. The number of hydrogen-bond acceptors (Lipinski definition) is 5. The second-order valence-corrected chi connectivity index (χ2v) is 6.85. The molecule has 0 bridgehead atoms. The second-order valence-electron chi connectivity index (χ2n) is 6.85. The van der Waals surface area contributed by atoms with Gasteiger partial charge in [-0.05, 0) is 54.6 Å². The quantitative estimate of drug-likeness (QED) is 0.479. The van der Waals surface area contributed by atoms with E-state index in [2.05, 4.69) is 37.7 Å². The molecule has 3 aromatic heterocycles. The lowest BCUT2D eigenvalue weighted by Crippen LogP contribution is -2.16. The third kappa shape index (κ3) is 3.71. The van der Waals surface area contributed by atoms with Crippen LogP contribution in [0, 0.1) is 0 Å². The molecule has 0 saturated heterocycles. The van der Waals surface area contributed by atoms with E-state index >= 15 is 0 Å². The van der Waals surface area contributed by atoms with Gasteiger partial charge in [-0.1, -0.05) is 30.3 Å². The Labute approximate surface area is 162 Å². The van der Waals surface area contributed by atoms with Crippen LogP contribution in [0.25, 0.3) is 21.9 Å². The summed E-state index contributed by atoms with van der Waals surface area (Å²) in [6.45, 7) is 4.02. The topological polar surface area (TPSA) is 82.7 Å². The van der Waals surface area contributed by atoms with Crippen molar-refractivity contribution in [1.29, 1.82) is 0 Å². The van der Waals surface area contributed by atoms with Crippen LogP contribution in [0.15, 0.2) is 71.8 Å². The molecule has 140 valence electrons. The van der Waals surface area contributed by atoms with Crippen LogP contribution < -0.4 is 16.2 Å². The van der Waals surface area contributed by atoms with E-state index in [1.54, 1.807) is 12.4 Å². The maximum Gasteiger partial charge on any atom is 0.259 e. The number of benzene rings is 1. The number of rotatable bonds is 5. The predicted molar refractivity (Wildman–Crippen MR) is 114 cm³/mol. The summed E-state index contributed by atoms with van der Waals surface area (Å²) in [5.74, 6) is 1.86. The summed E-state index contributed by atoms with van der Waals surface area (Å²) in [5.41, 5.74) is 2.02. The minimum Gasteiger partial charge on any atom is -0.367 e. The molecule has 4 aromatic rings. The maximum absolute atomic E-state index is 12.3. The van der Waals surface area contributed by atoms with Gasteiger partial charge in [-0.3, -0.25) is 4.79 Å². The van der Waals surface area contributed by atoms with Crippen LogP contribution in [0.3, 0.4) is 0 Å². The van der Waals surface area contributed by atoms with Crippen LogP contribution in [0.1, 0.15) is 13.8 Å². The van der Waals surface area contributed by atoms with E-state index in [9.17, 15) is 4.79 Å². The highest BCUT2D eigenvalue weighted by molar-refractivity contribution is 5.93. The van der Waals surface area contributed by atoms with Crippen molar-refractivity contribution in [2.75, 3.05) is 10.6 Å². The average Bonchev–Trinajstić information content (AvgIpc) is 2.68. The third-order valence-electron chi connectivity index (χ3n) is 4.30. The molecular weight excluding hydrogens is 350 g/mol. The Bertz CT molecular complexity index is 1170. The molecule has 28 heavy (non-hydrogen) atoms. The largest absolute Gasteiger partial charge is 0.367 e. The van der Waals surface area contributed by atoms with Gasteiger partial charge in [0, 0.05) is 18.4 Å². The fourth-order valence-corrected chi connectivity index (χ4v) is 3.10. The highest BCUT2D eigenvalue weighted by Gasteiger charge is 2.11. The second kappa shape index (κ2) is 7.52. The molecule has 0 aliphatic rings. The number of anilines is 3. The highest BCUT2D eigenvalue weighted by atomic mass is 16.1. The van der Waals surface area contributed by atoms with E-state index in [0.29, 0.717) is 22.8 Å². The summed E-state index contributed by atoms with van der Waals surface area (Å²) in [7, 11) is 0. The normalized spacial score (nSPS) is 11.0. The lowest BCUT2D eigenvalue weighted by molar-refractivity contribution is 0.892. The molecule has 4 rings (SSSR count). The van der Waals surface area contributed by atoms with E-state index in [0.717, 1.165) is 16.5 Å². The molecule has 0 spiro atoms. The standard InChI is InChI=1S/C22H21N5O/c1-14(2)25-21-20-17(9-11-24-22(20)28)13-19(27-21)26-18-12-16(8-10-23-18)15-6-4-3-5-7-15/h3-14H,1-2H3,(H,24,28)(H2,23,25,26,27). The molecule has 0 unspecified atom stereocenters. The number of hydrogen-bond donors (Lipinski definition) is 3. The molecule has 3 heterocycles. The van der Waals surface area contributed by atoms with E-state index in [1.165, 1.54) is 0 Å². The summed E-state index contributed by atoms with van der Waals surface area (Å²) < 4.78 is 0. The van der Waals surface area contributed by atoms with E-state index in [4.69, 9.17) is 0 Å². The Morgan fingerprint density at radius 1 is 0.964 bits per heavy atom. The van der Waals surface area contributed by atoms with Gasteiger partial charge >= 0.3 is 0 Å². The van der Waals surface area contributed by atoms with Crippen LogP contribution in [0.2, 0.25) is 0 Å². The third-order valence-corrected chi connectivity index (χ3v) is 4.30. The molecule has 6 nitrogen and oxygen atoms in total. The maximum atomic E-state index is 12.3. The van der Waals surface area contributed by atoms with Crippen LogP contribution in [0.4, 0.5) is 17.5 Å². The molecule has 6 heteroatoms. The van der Waals surface area contributed by atoms with Gasteiger partial charge < -0.3 is 15.6 Å². The summed E-state index contributed by atoms with van der Waals surface area (Å²) in [6.07, 6.45) is 3.41. The van der Waals surface area contributed by atoms with E-state index in [1.807, 2.05) is 56.3 Å². The van der Waals surface area contributed by atoms with Crippen molar-refractivity contribution in [3.05, 3.63) is 77.3 Å². The Hall–Kier alpha value is -3.67. The van der Waals surface area contributed by atoms with Crippen LogP contribution in [-0.4, -0.2) is 21.0 Å². The number of pyridine rings is 3. The SMILES string of the molecule is CC(C)Nc1nc(Nc2cc(-c3ccccc3)ccn2)cc2cc[nH]c(=O)c12. The first-order valence-electron chi connectivity index (χ1n) is 9.17. The highest BCUT2D eigenvalue weighted by Crippen LogP contribution is 2.26. The lowest BCUT2D eigenvalue weighted by Gasteiger charge is -2.14. The van der Waals surface area contributed by atoms with Crippen LogP contribution in [-0.2, 0) is 0 Å². The summed E-state index contributed by atoms with van der Waals surface area (Å²) in [5, 5.41) is 7.88. The zero-order valence-electron chi connectivity index (χ0n) is 15.7. The molecule has 1 aromatic carbocycles. The van der Waals surface area contributed by atoms with Crippen molar-refractivity contribution in [1.82, 2.24) is 15.0 Å². The molecule has 0 saturated carbocycles. The van der Waals surface area contributed by atoms with Crippen molar-refractivity contribution in [3.8, 4) is 11.1 Å². The molecule has 3 N–H and O–H groups in total. The minimum atomic E-state index is -0.163. The van der Waals surface area contributed by atoms with Crippen molar-refractivity contribution >= 4 is 28.2 Å². The lowest BCUT2D eigenvalue weighted by atomic mass is 10.1. The Morgan fingerprint density at radius 2 is 1.79 bits per heavy atom. The molecule has 0 aliphatic heterocycles. The van der Waals surface area contributed by atoms with Crippen molar-refractivity contribution < 1.29 is 0 Å². The smallest absolute Gasteiger partial charge is 0.259 e. The van der Waals surface area contributed by atoms with Crippen molar-refractivity contribution in [2.45, 2.75) is 19.9 Å². The summed E-state index contributed by atoms with van der Waals surface area (Å²) in [4.78, 5) is 24.0. The van der Waals surface area contributed by atoms with Crippen LogP contribution >= 0.6 is 0 Å². The van der Waals surface area contributed by atoms with Gasteiger partial charge in [0.05, 0.1) is 5.39 Å². The molecule has 0 atom stereocenters. The molecule has 0 aliphatic carbocycles. The monoisotopic (exact) mass is 371 g/mol. The number of fused-ring (bicyclic) bond motifs is 1. The molecule has 0 fully saturated rings. The minimum absolute atomic E-state index is 0.144. The first-order valence-corrected chi connectivity index (χ1v) is 9.17. The van der Waals surface area contributed by atoms with Gasteiger partial charge in [0.2, 0.25) is 0 Å². The number of H-pyrrole nitrogens is 1. The van der Waals surface area contributed by atoms with Crippen molar-refractivity contribution in [2.24, 2.45) is 0 Å². The summed E-state index contributed by atoms with van der Waals surface area (Å²) >= 11 is 0. The Morgan fingerprint density at radius 3 is 2.57 bits per heavy atom. The Kier molecular flexibility index (Phi) is 4.76. The average molecular weight is 371 g/mol. The summed E-state index contributed by atoms with van der Waals surface area (Å²) in [6, 6.07) is 17.9. The Balaban J connectivity index is 1.73. The van der Waals surface area contributed by atoms with Crippen molar-refractivity contribution in [3.63, 3.8) is 0 Å². The number of nitrogens with zero attached hydrogens (tertiary/aromatic N) is 2. The fraction of sp³-hybridized carbons (Fsp3) is 0.136. The zero-order valence-corrected chi connectivity index (χ0v) is 15.7. The van der Waals surface area contributed by atoms with Gasteiger partial charge in [-0.25, -0.2) is 9.97 Å². The van der Waals surface area contributed by atoms with Gasteiger partial charge in [0.15, 0.2) is 0 Å². The number of aromatic amines is 1. The first-order chi connectivity index (χ1) is 13.6. The van der Waals surface area contributed by atoms with Gasteiger partial charge in [0.25, 0.3) is 5.56 Å². The molecule has 0 amide bonds. The number of aromatic nitrogens is 3. The predicted octanol–water partition coefficient (Wildman–Crippen LogP) is 4.55. The fourth-order valence-electron chi connectivity index (χ4n) is 3.10. The van der Waals surface area contributed by atoms with Gasteiger partial charge in [0.1, 0.15) is 17.5 Å². The van der Waals surface area contributed by atoms with Gasteiger partial charge in [-0.2, -0.15) is 0 Å². The van der Waals surface area contributed by atoms with E-state index < -0.39 is 0 Å². The van der Waals surface area contributed by atoms with Gasteiger partial charge in [-0.15, -0.1) is 0 Å². The first kappa shape index (κ1) is 17.7. The zero-order chi connectivity index (χ0) is 19.5. The molecule has 0 radical (unpaired) electrons. The molecular formula is C22H21N5O. The van der Waals surface area contributed by atoms with Crippen LogP contribution in [0.5, 0.6) is 0 Å².